The van der Waals surface area contributed by atoms with Crippen molar-refractivity contribution < 1.29 is 9.53 Å². The standard InChI is InChI=1S/C7H15N3O2/c1-5(7(2,3)12-4)9-10-6(8)11/h1-4H3,(H3,8,10,11)/b9-5+. The summed E-state index contributed by atoms with van der Waals surface area (Å²) in [4.78, 5) is 10.3. The lowest BCUT2D eigenvalue weighted by molar-refractivity contribution is 0.0819. The van der Waals surface area contributed by atoms with Gasteiger partial charge >= 0.3 is 6.03 Å². The van der Waals surface area contributed by atoms with Gasteiger partial charge in [0, 0.05) is 7.11 Å². The zero-order valence-electron chi connectivity index (χ0n) is 7.84. The summed E-state index contributed by atoms with van der Waals surface area (Å²) in [5.74, 6) is 0. The van der Waals surface area contributed by atoms with Crippen LogP contribution in [0.3, 0.4) is 0 Å². The highest BCUT2D eigenvalue weighted by Crippen LogP contribution is 2.09. The predicted octanol–water partition coefficient (Wildman–Crippen LogP) is 0.456. The van der Waals surface area contributed by atoms with Crippen molar-refractivity contribution in [1.29, 1.82) is 0 Å². The summed E-state index contributed by atoms with van der Waals surface area (Å²) in [6.45, 7) is 5.43. The highest BCUT2D eigenvalue weighted by Gasteiger charge is 2.20. The van der Waals surface area contributed by atoms with Crippen LogP contribution in [0.15, 0.2) is 5.10 Å². The molecule has 0 aromatic rings. The molecule has 0 rings (SSSR count). The monoisotopic (exact) mass is 173 g/mol. The number of nitrogens with one attached hydrogen (secondary N) is 1. The van der Waals surface area contributed by atoms with Crippen molar-refractivity contribution in [3.8, 4) is 0 Å². The molecule has 2 amide bonds. The molecule has 0 bridgehead atoms. The lowest BCUT2D eigenvalue weighted by atomic mass is 10.0. The van der Waals surface area contributed by atoms with Gasteiger partial charge in [0.2, 0.25) is 0 Å². The van der Waals surface area contributed by atoms with Crippen LogP contribution >= 0.6 is 0 Å². The summed E-state index contributed by atoms with van der Waals surface area (Å²) in [6.07, 6.45) is 0. The van der Waals surface area contributed by atoms with Crippen LogP contribution in [-0.2, 0) is 4.74 Å². The second-order valence-electron chi connectivity index (χ2n) is 2.89. The van der Waals surface area contributed by atoms with Gasteiger partial charge in [-0.05, 0) is 20.8 Å². The second kappa shape index (κ2) is 4.06. The molecule has 0 aliphatic rings. The molecule has 5 heteroatoms. The Hall–Kier alpha value is -1.10. The molecule has 0 aromatic heterocycles. The molecule has 0 saturated carbocycles. The Balaban J connectivity index is 4.26. The van der Waals surface area contributed by atoms with Gasteiger partial charge in [0.15, 0.2) is 0 Å². The molecule has 0 atom stereocenters. The van der Waals surface area contributed by atoms with E-state index in [1.165, 1.54) is 0 Å². The molecule has 5 nitrogen and oxygen atoms in total. The molecular weight excluding hydrogens is 158 g/mol. The van der Waals surface area contributed by atoms with Crippen molar-refractivity contribution >= 4 is 11.7 Å². The maximum Gasteiger partial charge on any atom is 0.332 e. The molecule has 70 valence electrons. The summed E-state index contributed by atoms with van der Waals surface area (Å²) in [6, 6.07) is -0.679. The van der Waals surface area contributed by atoms with E-state index in [0.717, 1.165) is 0 Å². The van der Waals surface area contributed by atoms with Gasteiger partial charge in [0.25, 0.3) is 0 Å². The summed E-state index contributed by atoms with van der Waals surface area (Å²) in [5, 5.41) is 3.73. The van der Waals surface area contributed by atoms with E-state index in [4.69, 9.17) is 10.5 Å². The summed E-state index contributed by atoms with van der Waals surface area (Å²) in [7, 11) is 1.57. The van der Waals surface area contributed by atoms with E-state index in [2.05, 4.69) is 10.5 Å². The maximum absolute atomic E-state index is 10.3. The molecular formula is C7H15N3O2. The number of primary amides is 1. The maximum atomic E-state index is 10.3. The van der Waals surface area contributed by atoms with Gasteiger partial charge in [-0.3, -0.25) is 0 Å². The van der Waals surface area contributed by atoms with Crippen molar-refractivity contribution in [2.45, 2.75) is 26.4 Å². The van der Waals surface area contributed by atoms with Gasteiger partial charge in [-0.1, -0.05) is 0 Å². The molecule has 0 unspecified atom stereocenters. The van der Waals surface area contributed by atoms with Crippen molar-refractivity contribution in [2.24, 2.45) is 10.8 Å². The number of nitrogens with two attached hydrogens (primary N) is 1. The minimum Gasteiger partial charge on any atom is -0.373 e. The summed E-state index contributed by atoms with van der Waals surface area (Å²) in [5.41, 5.74) is 7.13. The number of methoxy groups -OCH3 is 1. The Morgan fingerprint density at radius 3 is 2.42 bits per heavy atom. The normalized spacial score (nSPS) is 12.8. The minimum absolute atomic E-state index is 0.484. The van der Waals surface area contributed by atoms with Gasteiger partial charge in [-0.2, -0.15) is 5.10 Å². The number of carbonyl (C=O) groups excluding carboxylic acids is 1. The number of carbonyl (C=O) groups is 1. The fourth-order valence-corrected chi connectivity index (χ4v) is 0.421. The number of ether oxygens (including phenoxy) is 1. The van der Waals surface area contributed by atoms with Gasteiger partial charge < -0.3 is 10.5 Å². The molecule has 3 N–H and O–H groups in total. The van der Waals surface area contributed by atoms with Crippen molar-refractivity contribution in [2.75, 3.05) is 7.11 Å². The first-order valence-corrected chi connectivity index (χ1v) is 3.55. The fourth-order valence-electron chi connectivity index (χ4n) is 0.421. The largest absolute Gasteiger partial charge is 0.373 e. The van der Waals surface area contributed by atoms with E-state index in [0.29, 0.717) is 5.71 Å². The third-order valence-corrected chi connectivity index (χ3v) is 1.72. The first kappa shape index (κ1) is 10.9. The highest BCUT2D eigenvalue weighted by molar-refractivity contribution is 5.90. The first-order chi connectivity index (χ1) is 5.40. The first-order valence-electron chi connectivity index (χ1n) is 3.55. The van der Waals surface area contributed by atoms with Crippen LogP contribution in [0.1, 0.15) is 20.8 Å². The Kier molecular flexibility index (Phi) is 3.69. The van der Waals surface area contributed by atoms with E-state index < -0.39 is 11.6 Å². The lowest BCUT2D eigenvalue weighted by Crippen LogP contribution is -2.35. The molecule has 0 spiro atoms. The third kappa shape index (κ3) is 3.34. The zero-order chi connectivity index (χ0) is 9.78. The molecule has 0 fully saturated rings. The highest BCUT2D eigenvalue weighted by atomic mass is 16.5. The molecule has 0 aliphatic heterocycles. The number of hydrazone groups is 1. The average Bonchev–Trinajstić information content (AvgIpc) is 2.00. The van der Waals surface area contributed by atoms with E-state index in [-0.39, 0.29) is 0 Å². The molecule has 0 heterocycles. The van der Waals surface area contributed by atoms with E-state index in [9.17, 15) is 4.79 Å². The number of hydrogen-bond acceptors (Lipinski definition) is 3. The Bertz CT molecular complexity index is 199. The fraction of sp³-hybridized carbons (Fsp3) is 0.714. The molecule has 0 radical (unpaired) electrons. The summed E-state index contributed by atoms with van der Waals surface area (Å²) >= 11 is 0. The van der Waals surface area contributed by atoms with Crippen LogP contribution in [0.25, 0.3) is 0 Å². The van der Waals surface area contributed by atoms with Crippen molar-refractivity contribution in [1.82, 2.24) is 5.43 Å². The van der Waals surface area contributed by atoms with Crippen molar-refractivity contribution in [3.05, 3.63) is 0 Å². The molecule has 0 aromatic carbocycles. The van der Waals surface area contributed by atoms with Crippen LogP contribution in [0.4, 0.5) is 4.79 Å². The average molecular weight is 173 g/mol. The lowest BCUT2D eigenvalue weighted by Gasteiger charge is -2.22. The molecule has 0 aliphatic carbocycles. The van der Waals surface area contributed by atoms with Gasteiger partial charge in [-0.15, -0.1) is 0 Å². The van der Waals surface area contributed by atoms with Crippen molar-refractivity contribution in [3.63, 3.8) is 0 Å². The molecule has 12 heavy (non-hydrogen) atoms. The van der Waals surface area contributed by atoms with E-state index in [1.54, 1.807) is 14.0 Å². The quantitative estimate of drug-likeness (QED) is 0.480. The van der Waals surface area contributed by atoms with E-state index in [1.807, 2.05) is 13.8 Å². The van der Waals surface area contributed by atoms with Crippen LogP contribution in [0, 0.1) is 0 Å². The zero-order valence-corrected chi connectivity index (χ0v) is 7.84. The van der Waals surface area contributed by atoms with Gasteiger partial charge in [0.05, 0.1) is 5.71 Å². The SMILES string of the molecule is COC(C)(C)/C(C)=N/NC(N)=O. The predicted molar refractivity (Wildman–Crippen MR) is 46.9 cm³/mol. The van der Waals surface area contributed by atoms with Crippen LogP contribution in [-0.4, -0.2) is 24.5 Å². The second-order valence-corrected chi connectivity index (χ2v) is 2.89. The van der Waals surface area contributed by atoms with E-state index >= 15 is 0 Å². The Morgan fingerprint density at radius 1 is 1.58 bits per heavy atom. The topological polar surface area (TPSA) is 76.7 Å². The Morgan fingerprint density at radius 2 is 2.08 bits per heavy atom. The number of nitrogens with zero attached hydrogens (tertiary/aromatic N) is 1. The number of rotatable bonds is 3. The van der Waals surface area contributed by atoms with Crippen LogP contribution in [0.5, 0.6) is 0 Å². The van der Waals surface area contributed by atoms with Crippen LogP contribution in [0.2, 0.25) is 0 Å². The minimum atomic E-state index is -0.679. The molecule has 0 saturated heterocycles. The smallest absolute Gasteiger partial charge is 0.332 e. The number of hydrogen-bond donors (Lipinski definition) is 2. The van der Waals surface area contributed by atoms with Gasteiger partial charge in [0.1, 0.15) is 5.60 Å². The number of amides is 2. The Labute approximate surface area is 72.0 Å². The number of urea groups is 1. The van der Waals surface area contributed by atoms with Crippen LogP contribution < -0.4 is 11.2 Å². The van der Waals surface area contributed by atoms with Gasteiger partial charge in [-0.25, -0.2) is 10.2 Å². The third-order valence-electron chi connectivity index (χ3n) is 1.72. The summed E-state index contributed by atoms with van der Waals surface area (Å²) < 4.78 is 5.11.